The summed E-state index contributed by atoms with van der Waals surface area (Å²) in [6.07, 6.45) is 1.15. The number of aromatic nitrogens is 2. The average Bonchev–Trinajstić information content (AvgIpc) is 2.92. The molecule has 0 unspecified atom stereocenters. The number of imidazole rings is 1. The van der Waals surface area contributed by atoms with Gasteiger partial charge in [0.25, 0.3) is 10.0 Å². The summed E-state index contributed by atoms with van der Waals surface area (Å²) in [5.74, 6) is 0.614. The number of aryl methyl sites for hydroxylation is 2. The van der Waals surface area contributed by atoms with Gasteiger partial charge in [0, 0.05) is 19.7 Å². The molecule has 0 spiro atoms. The highest BCUT2D eigenvalue weighted by molar-refractivity contribution is 7.89. The normalized spacial score (nSPS) is 21.5. The van der Waals surface area contributed by atoms with Crippen LogP contribution in [0.25, 0.3) is 0 Å². The Bertz CT molecular complexity index is 763. The van der Waals surface area contributed by atoms with E-state index in [-0.39, 0.29) is 5.03 Å². The second-order valence-electron chi connectivity index (χ2n) is 5.31. The Morgan fingerprint density at radius 3 is 2.76 bits per heavy atom. The zero-order chi connectivity index (χ0) is 15.2. The highest BCUT2D eigenvalue weighted by Gasteiger charge is 2.35. The molecule has 1 aliphatic rings. The number of hydrogen-bond acceptors (Lipinski definition) is 4. The van der Waals surface area contributed by atoms with Gasteiger partial charge in [0.15, 0.2) is 5.03 Å². The van der Waals surface area contributed by atoms with Gasteiger partial charge in [-0.1, -0.05) is 24.3 Å². The highest BCUT2D eigenvalue weighted by Crippen LogP contribution is 2.32. The van der Waals surface area contributed by atoms with Gasteiger partial charge in [0.2, 0.25) is 0 Å². The van der Waals surface area contributed by atoms with E-state index in [9.17, 15) is 13.5 Å². The minimum atomic E-state index is -3.76. The van der Waals surface area contributed by atoms with Gasteiger partial charge in [0.05, 0.1) is 12.1 Å². The molecule has 0 amide bonds. The molecule has 1 aromatic carbocycles. The number of hydrogen-bond donors (Lipinski definition) is 2. The molecule has 0 radical (unpaired) electrons. The fourth-order valence-electron chi connectivity index (χ4n) is 2.60. The molecule has 2 atom stereocenters. The maximum atomic E-state index is 12.4. The van der Waals surface area contributed by atoms with E-state index in [0.29, 0.717) is 12.2 Å². The Kier molecular flexibility index (Phi) is 3.35. The molecule has 0 saturated heterocycles. The van der Waals surface area contributed by atoms with E-state index in [4.69, 9.17) is 0 Å². The van der Waals surface area contributed by atoms with Crippen LogP contribution in [0.3, 0.4) is 0 Å². The first kappa shape index (κ1) is 14.2. The average molecular weight is 307 g/mol. The van der Waals surface area contributed by atoms with Crippen LogP contribution >= 0.6 is 0 Å². The molecular formula is C14H17N3O3S. The predicted octanol–water partition coefficient (Wildman–Crippen LogP) is 0.665. The van der Waals surface area contributed by atoms with Crippen LogP contribution in [0.4, 0.5) is 0 Å². The summed E-state index contributed by atoms with van der Waals surface area (Å²) in [5.41, 5.74) is 1.79. The van der Waals surface area contributed by atoms with E-state index in [2.05, 4.69) is 9.71 Å². The van der Waals surface area contributed by atoms with E-state index >= 15 is 0 Å². The minimum Gasteiger partial charge on any atom is -0.391 e. The lowest BCUT2D eigenvalue weighted by atomic mass is 10.1. The summed E-state index contributed by atoms with van der Waals surface area (Å²) < 4.78 is 29.0. The van der Waals surface area contributed by atoms with E-state index < -0.39 is 22.2 Å². The van der Waals surface area contributed by atoms with Crippen LogP contribution in [0, 0.1) is 6.92 Å². The first-order chi connectivity index (χ1) is 9.88. The number of nitrogens with zero attached hydrogens (tertiary/aromatic N) is 2. The fourth-order valence-corrected chi connectivity index (χ4v) is 3.89. The molecule has 7 heteroatoms. The molecule has 2 aromatic rings. The lowest BCUT2D eigenvalue weighted by Gasteiger charge is -2.17. The SMILES string of the molecule is Cc1nc(S(=O)(=O)N[C@H]2c3ccccc3C[C@H]2O)cn1C. The van der Waals surface area contributed by atoms with Crippen LogP contribution in [0.1, 0.15) is 23.0 Å². The molecule has 0 fully saturated rings. The number of aliphatic hydroxyl groups excluding tert-OH is 1. The van der Waals surface area contributed by atoms with Gasteiger partial charge in [-0.15, -0.1) is 0 Å². The minimum absolute atomic E-state index is 0.0286. The number of nitrogens with one attached hydrogen (secondary N) is 1. The molecule has 1 aliphatic carbocycles. The third-order valence-electron chi connectivity index (χ3n) is 3.85. The summed E-state index contributed by atoms with van der Waals surface area (Å²) >= 11 is 0. The predicted molar refractivity (Wildman–Crippen MR) is 77.2 cm³/mol. The Morgan fingerprint density at radius 1 is 1.38 bits per heavy atom. The Labute approximate surface area is 123 Å². The number of sulfonamides is 1. The summed E-state index contributed by atoms with van der Waals surface area (Å²) in [5, 5.41) is 10.1. The van der Waals surface area contributed by atoms with E-state index in [1.807, 2.05) is 24.3 Å². The summed E-state index contributed by atoms with van der Waals surface area (Å²) in [6.45, 7) is 1.73. The second-order valence-corrected chi connectivity index (χ2v) is 6.97. The molecule has 0 bridgehead atoms. The van der Waals surface area contributed by atoms with E-state index in [1.165, 1.54) is 6.20 Å². The van der Waals surface area contributed by atoms with Gasteiger partial charge in [0.1, 0.15) is 5.82 Å². The van der Waals surface area contributed by atoms with Crippen molar-refractivity contribution in [3.8, 4) is 0 Å². The maximum Gasteiger partial charge on any atom is 0.260 e. The van der Waals surface area contributed by atoms with Crippen molar-refractivity contribution in [3.63, 3.8) is 0 Å². The Balaban J connectivity index is 1.93. The van der Waals surface area contributed by atoms with Crippen LogP contribution < -0.4 is 4.72 Å². The molecular weight excluding hydrogens is 290 g/mol. The summed E-state index contributed by atoms with van der Waals surface area (Å²) in [7, 11) is -2.03. The molecule has 3 rings (SSSR count). The lowest BCUT2D eigenvalue weighted by Crippen LogP contribution is -2.34. The van der Waals surface area contributed by atoms with E-state index in [1.54, 1.807) is 18.5 Å². The lowest BCUT2D eigenvalue weighted by molar-refractivity contribution is 0.151. The van der Waals surface area contributed by atoms with E-state index in [0.717, 1.165) is 11.1 Å². The van der Waals surface area contributed by atoms with Crippen LogP contribution in [-0.4, -0.2) is 29.2 Å². The Morgan fingerprint density at radius 2 is 2.10 bits per heavy atom. The van der Waals surface area contributed by atoms with Crippen molar-refractivity contribution in [3.05, 3.63) is 47.4 Å². The quantitative estimate of drug-likeness (QED) is 0.873. The molecule has 112 valence electrons. The van der Waals surface area contributed by atoms with Crippen molar-refractivity contribution in [2.24, 2.45) is 7.05 Å². The molecule has 21 heavy (non-hydrogen) atoms. The van der Waals surface area contributed by atoms with Crippen LogP contribution in [0.15, 0.2) is 35.5 Å². The third kappa shape index (κ3) is 2.48. The molecule has 1 aromatic heterocycles. The number of rotatable bonds is 3. The number of benzene rings is 1. The van der Waals surface area contributed by atoms with Crippen LogP contribution in [-0.2, 0) is 23.5 Å². The maximum absolute atomic E-state index is 12.4. The fraction of sp³-hybridized carbons (Fsp3) is 0.357. The zero-order valence-corrected chi connectivity index (χ0v) is 12.6. The van der Waals surface area contributed by atoms with Crippen LogP contribution in [0.5, 0.6) is 0 Å². The monoisotopic (exact) mass is 307 g/mol. The molecule has 2 N–H and O–H groups in total. The van der Waals surface area contributed by atoms with Gasteiger partial charge in [-0.25, -0.2) is 13.4 Å². The second kappa shape index (κ2) is 4.94. The van der Waals surface area contributed by atoms with Gasteiger partial charge >= 0.3 is 0 Å². The van der Waals surface area contributed by atoms with Crippen molar-refractivity contribution in [1.82, 2.24) is 14.3 Å². The first-order valence-electron chi connectivity index (χ1n) is 6.66. The molecule has 0 aliphatic heterocycles. The largest absolute Gasteiger partial charge is 0.391 e. The number of aliphatic hydroxyl groups is 1. The standard InChI is InChI=1S/C14H17N3O3S/c1-9-15-13(8-17(9)2)21(19,20)16-14-11-6-4-3-5-10(11)7-12(14)18/h3-6,8,12,14,16,18H,7H2,1-2H3/t12-,14+/m1/s1. The van der Waals surface area contributed by atoms with Crippen LogP contribution in [0.2, 0.25) is 0 Å². The Hall–Kier alpha value is -1.70. The smallest absolute Gasteiger partial charge is 0.260 e. The number of fused-ring (bicyclic) bond motifs is 1. The van der Waals surface area contributed by atoms with Crippen molar-refractivity contribution in [2.75, 3.05) is 0 Å². The van der Waals surface area contributed by atoms with Gasteiger partial charge in [-0.3, -0.25) is 0 Å². The summed E-state index contributed by atoms with van der Waals surface area (Å²) in [6, 6.07) is 6.82. The summed E-state index contributed by atoms with van der Waals surface area (Å²) in [4.78, 5) is 4.04. The third-order valence-corrected chi connectivity index (χ3v) is 5.16. The molecule has 6 nitrogen and oxygen atoms in total. The zero-order valence-electron chi connectivity index (χ0n) is 11.8. The van der Waals surface area contributed by atoms with Crippen molar-refractivity contribution < 1.29 is 13.5 Å². The van der Waals surface area contributed by atoms with Crippen molar-refractivity contribution >= 4 is 10.0 Å². The van der Waals surface area contributed by atoms with Gasteiger partial charge in [-0.2, -0.15) is 4.72 Å². The van der Waals surface area contributed by atoms with Gasteiger partial charge < -0.3 is 9.67 Å². The van der Waals surface area contributed by atoms with Crippen molar-refractivity contribution in [1.29, 1.82) is 0 Å². The topological polar surface area (TPSA) is 84.2 Å². The van der Waals surface area contributed by atoms with Crippen molar-refractivity contribution in [2.45, 2.75) is 30.5 Å². The first-order valence-corrected chi connectivity index (χ1v) is 8.15. The highest BCUT2D eigenvalue weighted by atomic mass is 32.2. The molecule has 0 saturated carbocycles. The molecule has 1 heterocycles. The van der Waals surface area contributed by atoms with Gasteiger partial charge in [-0.05, 0) is 18.1 Å².